The second kappa shape index (κ2) is 11.7. The van der Waals surface area contributed by atoms with Gasteiger partial charge in [-0.1, -0.05) is 6.07 Å². The van der Waals surface area contributed by atoms with Gasteiger partial charge in [0.05, 0.1) is 28.1 Å². The first kappa shape index (κ1) is 32.1. The van der Waals surface area contributed by atoms with Gasteiger partial charge in [0, 0.05) is 31.7 Å². The zero-order valence-corrected chi connectivity index (χ0v) is 22.6. The summed E-state index contributed by atoms with van der Waals surface area (Å²) < 4.78 is 146. The molecule has 1 aliphatic heterocycles. The molecule has 42 heavy (non-hydrogen) atoms. The van der Waals surface area contributed by atoms with Gasteiger partial charge >= 0.3 is 18.5 Å². The number of piperidine rings is 1. The number of amides is 1. The normalized spacial score (nSPS) is 18.0. The monoisotopic (exact) mass is 631 g/mol. The quantitative estimate of drug-likeness (QED) is 0.381. The molecule has 2 fully saturated rings. The Morgan fingerprint density at radius 3 is 1.81 bits per heavy atom. The van der Waals surface area contributed by atoms with Crippen LogP contribution in [0, 0.1) is 0 Å². The van der Waals surface area contributed by atoms with Crippen LogP contribution in [0.5, 0.6) is 0 Å². The number of rotatable bonds is 8. The number of benzene rings is 2. The van der Waals surface area contributed by atoms with Gasteiger partial charge in [-0.3, -0.25) is 9.69 Å². The minimum absolute atomic E-state index is 0.00632. The first-order valence-electron chi connectivity index (χ1n) is 12.8. The minimum atomic E-state index is -5.02. The van der Waals surface area contributed by atoms with Crippen molar-refractivity contribution in [2.75, 3.05) is 19.6 Å². The molecule has 1 N–H and O–H groups in total. The molecule has 1 saturated carbocycles. The SMILES string of the molecule is O=C(CN1CCC(N(C2CC2)S(=O)(=O)c2cccc(C(F)(F)F)c2)CC1)NCc1cc(C(F)(F)F)cc(C(F)(F)F)c1. The van der Waals surface area contributed by atoms with Gasteiger partial charge in [0.15, 0.2) is 0 Å². The van der Waals surface area contributed by atoms with Crippen molar-refractivity contribution in [2.45, 2.75) is 67.7 Å². The van der Waals surface area contributed by atoms with E-state index in [0.717, 1.165) is 18.2 Å². The Hall–Kier alpha value is -2.85. The lowest BCUT2D eigenvalue weighted by atomic mass is 10.0. The van der Waals surface area contributed by atoms with E-state index in [1.807, 2.05) is 0 Å². The maximum atomic E-state index is 13.4. The molecule has 1 aliphatic carbocycles. The van der Waals surface area contributed by atoms with Gasteiger partial charge in [-0.25, -0.2) is 8.42 Å². The van der Waals surface area contributed by atoms with E-state index in [1.165, 1.54) is 4.31 Å². The number of carbonyl (C=O) groups is 1. The van der Waals surface area contributed by atoms with E-state index in [4.69, 9.17) is 0 Å². The molecular formula is C26H26F9N3O3S. The zero-order valence-electron chi connectivity index (χ0n) is 21.8. The summed E-state index contributed by atoms with van der Waals surface area (Å²) in [5.74, 6) is -0.657. The van der Waals surface area contributed by atoms with Crippen LogP contribution in [0.3, 0.4) is 0 Å². The highest BCUT2D eigenvalue weighted by atomic mass is 32.2. The Morgan fingerprint density at radius 1 is 0.786 bits per heavy atom. The number of nitrogens with one attached hydrogen (secondary N) is 1. The van der Waals surface area contributed by atoms with Crippen LogP contribution in [-0.2, 0) is 39.9 Å². The molecule has 2 aromatic carbocycles. The Bertz CT molecular complexity index is 1360. The van der Waals surface area contributed by atoms with Gasteiger partial charge in [0.2, 0.25) is 15.9 Å². The minimum Gasteiger partial charge on any atom is -0.351 e. The Labute approximate surface area is 235 Å². The lowest BCUT2D eigenvalue weighted by molar-refractivity contribution is -0.143. The van der Waals surface area contributed by atoms with Gasteiger partial charge in [-0.15, -0.1) is 0 Å². The number of hydrogen-bond donors (Lipinski definition) is 1. The first-order valence-corrected chi connectivity index (χ1v) is 14.3. The summed E-state index contributed by atoms with van der Waals surface area (Å²) in [5.41, 5.74) is -4.46. The largest absolute Gasteiger partial charge is 0.416 e. The van der Waals surface area contributed by atoms with Crippen molar-refractivity contribution in [2.24, 2.45) is 0 Å². The summed E-state index contributed by atoms with van der Waals surface area (Å²) >= 11 is 0. The second-order valence-electron chi connectivity index (χ2n) is 10.3. The van der Waals surface area contributed by atoms with Crippen LogP contribution < -0.4 is 5.32 Å². The first-order chi connectivity index (χ1) is 19.4. The van der Waals surface area contributed by atoms with E-state index in [1.54, 1.807) is 4.90 Å². The lowest BCUT2D eigenvalue weighted by Crippen LogP contribution is -2.50. The number of halogens is 9. The third-order valence-corrected chi connectivity index (χ3v) is 9.07. The van der Waals surface area contributed by atoms with Crippen LogP contribution >= 0.6 is 0 Å². The standard InChI is InChI=1S/C26H26F9N3O3S/c27-24(28,29)17-2-1-3-22(13-17)42(40,41)38(20-4-5-20)21-6-8-37(9-7-21)15-23(39)36-14-16-10-18(25(30,31)32)12-19(11-16)26(33,34)35/h1-3,10-13,20-21H,4-9,14-15H2,(H,36,39). The second-order valence-corrected chi connectivity index (χ2v) is 12.1. The van der Waals surface area contributed by atoms with Crippen molar-refractivity contribution < 1.29 is 52.7 Å². The molecule has 6 nitrogen and oxygen atoms in total. The van der Waals surface area contributed by atoms with Gasteiger partial charge < -0.3 is 5.32 Å². The number of nitrogens with zero attached hydrogens (tertiary/aromatic N) is 2. The highest BCUT2D eigenvalue weighted by Crippen LogP contribution is 2.39. The fraction of sp³-hybridized carbons (Fsp3) is 0.500. The number of sulfonamides is 1. The van der Waals surface area contributed by atoms with Crippen molar-refractivity contribution in [1.29, 1.82) is 0 Å². The molecule has 0 atom stereocenters. The molecule has 0 aromatic heterocycles. The molecule has 232 valence electrons. The summed E-state index contributed by atoms with van der Waals surface area (Å²) in [6.07, 6.45) is -13.1. The van der Waals surface area contributed by atoms with Gasteiger partial charge in [0.1, 0.15) is 0 Å². The van der Waals surface area contributed by atoms with Gasteiger partial charge in [0.25, 0.3) is 0 Å². The number of likely N-dealkylation sites (tertiary alicyclic amines) is 1. The molecule has 1 heterocycles. The van der Waals surface area contributed by atoms with Crippen LogP contribution in [0.4, 0.5) is 39.5 Å². The van der Waals surface area contributed by atoms with E-state index in [-0.39, 0.29) is 50.1 Å². The van der Waals surface area contributed by atoms with E-state index >= 15 is 0 Å². The summed E-state index contributed by atoms with van der Waals surface area (Å²) in [5, 5.41) is 2.32. The van der Waals surface area contributed by atoms with Crippen LogP contribution in [0.2, 0.25) is 0 Å². The molecule has 4 rings (SSSR count). The van der Waals surface area contributed by atoms with E-state index < -0.39 is 68.6 Å². The van der Waals surface area contributed by atoms with Crippen LogP contribution in [0.25, 0.3) is 0 Å². The fourth-order valence-electron chi connectivity index (χ4n) is 4.89. The third-order valence-electron chi connectivity index (χ3n) is 7.06. The van der Waals surface area contributed by atoms with Crippen molar-refractivity contribution in [3.63, 3.8) is 0 Å². The Morgan fingerprint density at radius 2 is 1.31 bits per heavy atom. The maximum absolute atomic E-state index is 13.4. The maximum Gasteiger partial charge on any atom is 0.416 e. The van der Waals surface area contributed by atoms with Gasteiger partial charge in [-0.05, 0) is 67.6 Å². The highest BCUT2D eigenvalue weighted by Gasteiger charge is 2.44. The highest BCUT2D eigenvalue weighted by molar-refractivity contribution is 7.89. The predicted molar refractivity (Wildman–Crippen MR) is 131 cm³/mol. The number of alkyl halides is 9. The molecule has 1 amide bonds. The molecule has 16 heteroatoms. The van der Waals surface area contributed by atoms with E-state index in [2.05, 4.69) is 5.32 Å². The lowest BCUT2D eigenvalue weighted by Gasteiger charge is -2.37. The third kappa shape index (κ3) is 7.75. The van der Waals surface area contributed by atoms with Gasteiger partial charge in [-0.2, -0.15) is 43.8 Å². The average Bonchev–Trinajstić information content (AvgIpc) is 3.72. The van der Waals surface area contributed by atoms with E-state index in [9.17, 15) is 52.7 Å². The number of carbonyl (C=O) groups excluding carboxylic acids is 1. The summed E-state index contributed by atoms with van der Waals surface area (Å²) in [6, 6.07) is 3.70. The van der Waals surface area contributed by atoms with Crippen LogP contribution in [-0.4, -0.2) is 55.2 Å². The summed E-state index contributed by atoms with van der Waals surface area (Å²) in [7, 11) is -4.25. The van der Waals surface area contributed by atoms with E-state index in [0.29, 0.717) is 31.0 Å². The zero-order chi connectivity index (χ0) is 31.1. The van der Waals surface area contributed by atoms with Crippen molar-refractivity contribution in [1.82, 2.24) is 14.5 Å². The Balaban J connectivity index is 1.37. The number of hydrogen-bond acceptors (Lipinski definition) is 4. The molecule has 2 aromatic rings. The summed E-state index contributed by atoms with van der Waals surface area (Å²) in [4.78, 5) is 13.6. The van der Waals surface area contributed by atoms with Crippen LogP contribution in [0.1, 0.15) is 47.9 Å². The van der Waals surface area contributed by atoms with Crippen molar-refractivity contribution in [3.8, 4) is 0 Å². The molecular weight excluding hydrogens is 605 g/mol. The van der Waals surface area contributed by atoms with Crippen molar-refractivity contribution in [3.05, 3.63) is 64.7 Å². The smallest absolute Gasteiger partial charge is 0.351 e. The average molecular weight is 632 g/mol. The Kier molecular flexibility index (Phi) is 8.92. The molecule has 0 unspecified atom stereocenters. The molecule has 2 aliphatic rings. The van der Waals surface area contributed by atoms with Crippen molar-refractivity contribution >= 4 is 15.9 Å². The topological polar surface area (TPSA) is 69.7 Å². The molecule has 0 bridgehead atoms. The molecule has 0 radical (unpaired) electrons. The fourth-order valence-corrected chi connectivity index (χ4v) is 6.86. The molecule has 0 spiro atoms. The summed E-state index contributed by atoms with van der Waals surface area (Å²) in [6.45, 7) is -0.336. The predicted octanol–water partition coefficient (Wildman–Crippen LogP) is 5.68. The van der Waals surface area contributed by atoms with Crippen LogP contribution in [0.15, 0.2) is 47.4 Å². The molecule has 1 saturated heterocycles.